The first kappa shape index (κ1) is 16.7. The quantitative estimate of drug-likeness (QED) is 0.495. The van der Waals surface area contributed by atoms with Crippen LogP contribution in [0, 0.1) is 0 Å². The van der Waals surface area contributed by atoms with Crippen LogP contribution < -0.4 is 9.47 Å². The third-order valence-corrected chi connectivity index (χ3v) is 3.76. The van der Waals surface area contributed by atoms with E-state index in [2.05, 4.69) is 0 Å². The van der Waals surface area contributed by atoms with Crippen LogP contribution in [0.3, 0.4) is 0 Å². The topological polar surface area (TPSA) is 116 Å². The number of hydrogen-bond donors (Lipinski definition) is 4. The summed E-state index contributed by atoms with van der Waals surface area (Å²) in [4.78, 5) is 10.6. The van der Waals surface area contributed by atoms with Gasteiger partial charge in [-0.25, -0.2) is 4.79 Å². The van der Waals surface area contributed by atoms with Gasteiger partial charge in [0.2, 0.25) is 0 Å². The summed E-state index contributed by atoms with van der Waals surface area (Å²) in [6, 6.07) is 9.17. The highest BCUT2D eigenvalue weighted by Crippen LogP contribution is 2.41. The van der Waals surface area contributed by atoms with Crippen molar-refractivity contribution in [2.24, 2.45) is 0 Å². The largest absolute Gasteiger partial charge is 0.504 e. The van der Waals surface area contributed by atoms with Gasteiger partial charge in [-0.2, -0.15) is 0 Å². The second-order valence-electron chi connectivity index (χ2n) is 5.50. The molecule has 7 nitrogen and oxygen atoms in total. The molecule has 130 valence electrons. The summed E-state index contributed by atoms with van der Waals surface area (Å²) < 4.78 is 11.6. The molecule has 4 N–H and O–H groups in total. The highest BCUT2D eigenvalue weighted by atomic mass is 16.6. The number of carboxylic acids is 1. The zero-order valence-electron chi connectivity index (χ0n) is 13.0. The summed E-state index contributed by atoms with van der Waals surface area (Å²) >= 11 is 0. The Morgan fingerprint density at radius 3 is 2.52 bits per heavy atom. The van der Waals surface area contributed by atoms with E-state index in [1.807, 2.05) is 0 Å². The van der Waals surface area contributed by atoms with Crippen molar-refractivity contribution >= 4 is 12.0 Å². The van der Waals surface area contributed by atoms with Crippen molar-refractivity contribution in [3.05, 3.63) is 53.6 Å². The van der Waals surface area contributed by atoms with Crippen molar-refractivity contribution in [1.82, 2.24) is 0 Å². The summed E-state index contributed by atoms with van der Waals surface area (Å²) in [7, 11) is 0. The minimum Gasteiger partial charge on any atom is -0.504 e. The number of fused-ring (bicyclic) bond motifs is 1. The molecule has 0 bridgehead atoms. The van der Waals surface area contributed by atoms with Crippen LogP contribution in [-0.2, 0) is 4.79 Å². The third-order valence-electron chi connectivity index (χ3n) is 3.76. The lowest BCUT2D eigenvalue weighted by atomic mass is 10.0. The molecule has 1 aliphatic rings. The molecule has 3 rings (SSSR count). The summed E-state index contributed by atoms with van der Waals surface area (Å²) in [6.07, 6.45) is 1.03. The van der Waals surface area contributed by atoms with Gasteiger partial charge in [0.15, 0.2) is 35.2 Å². The average Bonchev–Trinajstić information content (AvgIpc) is 2.61. The molecule has 0 spiro atoms. The number of phenolic OH excluding ortho intramolecular Hbond substituents is 2. The van der Waals surface area contributed by atoms with E-state index in [1.54, 1.807) is 24.3 Å². The van der Waals surface area contributed by atoms with Crippen LogP contribution in [0.4, 0.5) is 0 Å². The number of hydrogen-bond acceptors (Lipinski definition) is 6. The molecule has 1 aliphatic heterocycles. The minimum atomic E-state index is -1.06. The molecular weight excluding hydrogens is 328 g/mol. The first-order valence-corrected chi connectivity index (χ1v) is 7.49. The summed E-state index contributed by atoms with van der Waals surface area (Å²) in [6.45, 7) is -0.332. The normalized spacial score (nSPS) is 19.1. The van der Waals surface area contributed by atoms with Crippen molar-refractivity contribution in [1.29, 1.82) is 0 Å². The molecule has 0 aromatic heterocycles. The molecule has 0 fully saturated rings. The van der Waals surface area contributed by atoms with Gasteiger partial charge in [0.25, 0.3) is 0 Å². The summed E-state index contributed by atoms with van der Waals surface area (Å²) in [5.41, 5.74) is 1.15. The molecule has 2 aromatic rings. The zero-order valence-corrected chi connectivity index (χ0v) is 13.0. The molecule has 2 unspecified atom stereocenters. The molecule has 0 amide bonds. The zero-order chi connectivity index (χ0) is 18.0. The van der Waals surface area contributed by atoms with Gasteiger partial charge in [-0.1, -0.05) is 12.1 Å². The molecule has 1 heterocycles. The van der Waals surface area contributed by atoms with Crippen molar-refractivity contribution in [3.63, 3.8) is 0 Å². The van der Waals surface area contributed by atoms with Gasteiger partial charge in [0.1, 0.15) is 0 Å². The maximum atomic E-state index is 10.6. The van der Waals surface area contributed by atoms with Crippen molar-refractivity contribution in [3.8, 4) is 23.0 Å². The Balaban J connectivity index is 1.91. The lowest BCUT2D eigenvalue weighted by Crippen LogP contribution is -2.36. The number of ether oxygens (including phenoxy) is 2. The Morgan fingerprint density at radius 2 is 1.84 bits per heavy atom. The predicted octanol–water partition coefficient (Wildman–Crippen LogP) is 2.07. The van der Waals surface area contributed by atoms with Crippen molar-refractivity contribution in [2.75, 3.05) is 6.61 Å². The van der Waals surface area contributed by atoms with Crippen LogP contribution in [0.5, 0.6) is 23.0 Å². The second kappa shape index (κ2) is 6.74. The SMILES string of the molecule is O=C(O)C=Cc1ccc2c(c1)OC(CO)C(c1ccc(O)c(O)c1)O2. The van der Waals surface area contributed by atoms with Gasteiger partial charge in [0.05, 0.1) is 6.61 Å². The molecular formula is C18H16O7. The van der Waals surface area contributed by atoms with E-state index in [1.165, 1.54) is 18.2 Å². The number of carboxylic acid groups (broad SMARTS) is 1. The number of aliphatic carboxylic acids is 1. The molecule has 25 heavy (non-hydrogen) atoms. The van der Waals surface area contributed by atoms with E-state index in [0.29, 0.717) is 22.6 Å². The predicted molar refractivity (Wildman–Crippen MR) is 87.8 cm³/mol. The number of aliphatic hydroxyl groups excluding tert-OH is 1. The Labute approximate surface area is 143 Å². The molecule has 2 atom stereocenters. The fourth-order valence-electron chi connectivity index (χ4n) is 2.56. The first-order valence-electron chi connectivity index (χ1n) is 7.49. The lowest BCUT2D eigenvalue weighted by molar-refractivity contribution is -0.131. The summed E-state index contributed by atoms with van der Waals surface area (Å²) in [5, 5.41) is 37.4. The van der Waals surface area contributed by atoms with Crippen molar-refractivity contribution in [2.45, 2.75) is 12.2 Å². The van der Waals surface area contributed by atoms with Gasteiger partial charge in [-0.05, 0) is 35.9 Å². The molecule has 0 aliphatic carbocycles. The molecule has 7 heteroatoms. The molecule has 0 radical (unpaired) electrons. The van der Waals surface area contributed by atoms with Crippen LogP contribution in [0.2, 0.25) is 0 Å². The van der Waals surface area contributed by atoms with Gasteiger partial charge < -0.3 is 29.9 Å². The molecule has 0 saturated carbocycles. The fourth-order valence-corrected chi connectivity index (χ4v) is 2.56. The standard InChI is InChI=1S/C18H16O7/c19-9-16-18(11-3-4-12(20)13(21)8-11)25-14-5-1-10(2-6-17(22)23)7-15(14)24-16/h1-8,16,18-21H,9H2,(H,22,23). The number of phenols is 2. The number of aliphatic hydroxyl groups is 1. The number of rotatable bonds is 4. The lowest BCUT2D eigenvalue weighted by Gasteiger charge is -2.33. The van der Waals surface area contributed by atoms with Crippen molar-refractivity contribution < 1.29 is 34.7 Å². The Hall–Kier alpha value is -3.19. The van der Waals surface area contributed by atoms with Gasteiger partial charge in [-0.3, -0.25) is 0 Å². The fraction of sp³-hybridized carbons (Fsp3) is 0.167. The van der Waals surface area contributed by atoms with Crippen LogP contribution in [0.1, 0.15) is 17.2 Å². The van der Waals surface area contributed by atoms with Crippen LogP contribution in [0.15, 0.2) is 42.5 Å². The minimum absolute atomic E-state index is 0.253. The summed E-state index contributed by atoms with van der Waals surface area (Å²) in [5.74, 6) is -0.801. The molecule has 2 aromatic carbocycles. The van der Waals surface area contributed by atoms with E-state index in [0.717, 1.165) is 6.08 Å². The van der Waals surface area contributed by atoms with Gasteiger partial charge in [0, 0.05) is 11.6 Å². The smallest absolute Gasteiger partial charge is 0.328 e. The number of benzene rings is 2. The maximum absolute atomic E-state index is 10.6. The van der Waals surface area contributed by atoms with E-state index in [9.17, 15) is 20.1 Å². The number of aromatic hydroxyl groups is 2. The van der Waals surface area contributed by atoms with Gasteiger partial charge in [-0.15, -0.1) is 0 Å². The van der Waals surface area contributed by atoms with Crippen LogP contribution in [-0.4, -0.2) is 39.1 Å². The Kier molecular flexibility index (Phi) is 4.49. The second-order valence-corrected chi connectivity index (χ2v) is 5.50. The van der Waals surface area contributed by atoms with E-state index >= 15 is 0 Å². The van der Waals surface area contributed by atoms with Crippen LogP contribution in [0.25, 0.3) is 6.08 Å². The van der Waals surface area contributed by atoms with E-state index < -0.39 is 18.2 Å². The van der Waals surface area contributed by atoms with Crippen LogP contribution >= 0.6 is 0 Å². The van der Waals surface area contributed by atoms with E-state index in [4.69, 9.17) is 14.6 Å². The van der Waals surface area contributed by atoms with Gasteiger partial charge >= 0.3 is 5.97 Å². The molecule has 0 saturated heterocycles. The first-order chi connectivity index (χ1) is 12.0. The highest BCUT2D eigenvalue weighted by molar-refractivity contribution is 5.85. The Morgan fingerprint density at radius 1 is 1.04 bits per heavy atom. The Bertz CT molecular complexity index is 828. The highest BCUT2D eigenvalue weighted by Gasteiger charge is 2.33. The third kappa shape index (κ3) is 3.51. The monoisotopic (exact) mass is 344 g/mol. The number of carbonyl (C=O) groups is 1. The average molecular weight is 344 g/mol. The maximum Gasteiger partial charge on any atom is 0.328 e. The van der Waals surface area contributed by atoms with E-state index in [-0.39, 0.29) is 18.1 Å².